The predicted octanol–water partition coefficient (Wildman–Crippen LogP) is 4.38. The second kappa shape index (κ2) is 6.31. The Kier molecular flexibility index (Phi) is 4.91. The second-order valence-corrected chi connectivity index (χ2v) is 8.08. The molecule has 0 radical (unpaired) electrons. The first-order valence-electron chi connectivity index (χ1n) is 7.12. The molecule has 0 aromatic carbocycles. The summed E-state index contributed by atoms with van der Waals surface area (Å²) in [6, 6.07) is 0. The highest BCUT2D eigenvalue weighted by atomic mass is 32.2. The van der Waals surface area contributed by atoms with Gasteiger partial charge in [-0.3, -0.25) is 9.36 Å². The molecule has 110 valence electrons. The number of thioether (sulfide) groups is 1. The molecule has 0 unspecified atom stereocenters. The molecule has 0 aliphatic rings. The van der Waals surface area contributed by atoms with E-state index < -0.39 is 0 Å². The van der Waals surface area contributed by atoms with Crippen molar-refractivity contribution < 1.29 is 0 Å². The van der Waals surface area contributed by atoms with Gasteiger partial charge < -0.3 is 0 Å². The average Bonchev–Trinajstić information content (AvgIpc) is 2.64. The van der Waals surface area contributed by atoms with Crippen LogP contribution in [0, 0.1) is 13.8 Å². The van der Waals surface area contributed by atoms with Crippen LogP contribution in [0.1, 0.15) is 44.1 Å². The minimum absolute atomic E-state index is 0.133. The molecule has 0 fully saturated rings. The quantitative estimate of drug-likeness (QED) is 0.607. The average molecular weight is 310 g/mol. The van der Waals surface area contributed by atoms with Crippen molar-refractivity contribution in [2.24, 2.45) is 0 Å². The lowest BCUT2D eigenvalue weighted by molar-refractivity contribution is 0.557. The number of aromatic nitrogens is 2. The molecule has 20 heavy (non-hydrogen) atoms. The van der Waals surface area contributed by atoms with Crippen LogP contribution in [0.5, 0.6) is 0 Å². The normalized spacial score (nSPS) is 11.7. The summed E-state index contributed by atoms with van der Waals surface area (Å²) < 4.78 is 1.87. The third-order valence-electron chi connectivity index (χ3n) is 3.33. The Morgan fingerprint density at radius 3 is 2.65 bits per heavy atom. The Bertz CT molecular complexity index is 671. The summed E-state index contributed by atoms with van der Waals surface area (Å²) in [5.74, 6) is 0. The lowest BCUT2D eigenvalue weighted by Crippen LogP contribution is -2.23. The Balaban J connectivity index is 2.66. The number of thiophene rings is 1. The number of fused-ring (bicyclic) bond motifs is 1. The second-order valence-electron chi connectivity index (χ2n) is 5.33. The lowest BCUT2D eigenvalue weighted by atomic mass is 10.2. The molecule has 5 heteroatoms. The van der Waals surface area contributed by atoms with E-state index in [1.807, 2.05) is 11.5 Å². The predicted molar refractivity (Wildman–Crippen MR) is 89.3 cm³/mol. The van der Waals surface area contributed by atoms with E-state index in [1.165, 1.54) is 4.88 Å². The third-order valence-corrected chi connectivity index (χ3v) is 5.43. The maximum absolute atomic E-state index is 12.8. The van der Waals surface area contributed by atoms with E-state index in [9.17, 15) is 4.79 Å². The molecular weight excluding hydrogens is 288 g/mol. The third kappa shape index (κ3) is 2.93. The smallest absolute Gasteiger partial charge is 0.263 e. The summed E-state index contributed by atoms with van der Waals surface area (Å²) in [5, 5.41) is 2.11. The molecule has 2 aromatic heterocycles. The zero-order valence-corrected chi connectivity index (χ0v) is 14.5. The van der Waals surface area contributed by atoms with Crippen molar-refractivity contribution in [2.45, 2.75) is 64.4 Å². The van der Waals surface area contributed by atoms with Gasteiger partial charge in [0.1, 0.15) is 4.83 Å². The molecule has 0 saturated heterocycles. The first-order chi connectivity index (χ1) is 9.45. The number of unbranched alkanes of at least 4 members (excludes halogenated alkanes) is 1. The van der Waals surface area contributed by atoms with Gasteiger partial charge in [-0.05, 0) is 25.8 Å². The Hall–Kier alpha value is -0.810. The maximum atomic E-state index is 12.8. The molecule has 0 amide bonds. The Morgan fingerprint density at radius 2 is 2.05 bits per heavy atom. The summed E-state index contributed by atoms with van der Waals surface area (Å²) in [7, 11) is 0. The van der Waals surface area contributed by atoms with Crippen LogP contribution in [-0.4, -0.2) is 14.8 Å². The first kappa shape index (κ1) is 15.6. The molecule has 2 heterocycles. The van der Waals surface area contributed by atoms with E-state index in [1.54, 1.807) is 23.1 Å². The highest BCUT2D eigenvalue weighted by Gasteiger charge is 2.17. The van der Waals surface area contributed by atoms with Crippen molar-refractivity contribution in [3.05, 3.63) is 20.8 Å². The van der Waals surface area contributed by atoms with Gasteiger partial charge in [-0.15, -0.1) is 11.3 Å². The van der Waals surface area contributed by atoms with Crippen molar-refractivity contribution in [3.8, 4) is 0 Å². The summed E-state index contributed by atoms with van der Waals surface area (Å²) in [6.45, 7) is 11.3. The highest BCUT2D eigenvalue weighted by Crippen LogP contribution is 2.29. The van der Waals surface area contributed by atoms with Crippen LogP contribution in [0.2, 0.25) is 0 Å². The van der Waals surface area contributed by atoms with Crippen molar-refractivity contribution in [2.75, 3.05) is 0 Å². The number of rotatable bonds is 5. The van der Waals surface area contributed by atoms with Crippen LogP contribution in [0.15, 0.2) is 9.95 Å². The largest absolute Gasteiger partial charge is 0.287 e. The minimum atomic E-state index is 0.133. The monoisotopic (exact) mass is 310 g/mol. The van der Waals surface area contributed by atoms with Crippen molar-refractivity contribution in [1.82, 2.24) is 9.55 Å². The molecule has 0 bridgehead atoms. The fourth-order valence-electron chi connectivity index (χ4n) is 2.12. The van der Waals surface area contributed by atoms with E-state index >= 15 is 0 Å². The van der Waals surface area contributed by atoms with Gasteiger partial charge in [-0.25, -0.2) is 4.98 Å². The van der Waals surface area contributed by atoms with E-state index in [0.29, 0.717) is 5.25 Å². The van der Waals surface area contributed by atoms with Crippen LogP contribution >= 0.6 is 23.1 Å². The molecule has 0 aliphatic carbocycles. The molecule has 0 atom stereocenters. The van der Waals surface area contributed by atoms with E-state index in [-0.39, 0.29) is 5.56 Å². The van der Waals surface area contributed by atoms with Crippen LogP contribution in [0.3, 0.4) is 0 Å². The van der Waals surface area contributed by atoms with E-state index in [2.05, 4.69) is 27.7 Å². The summed E-state index contributed by atoms with van der Waals surface area (Å²) in [4.78, 5) is 19.6. The SMILES string of the molecule is CCCCn1c(SC(C)C)nc2sc(C)c(C)c2c1=O. The summed E-state index contributed by atoms with van der Waals surface area (Å²) in [5.41, 5.74) is 1.22. The van der Waals surface area contributed by atoms with Crippen molar-refractivity contribution in [1.29, 1.82) is 0 Å². The van der Waals surface area contributed by atoms with E-state index in [4.69, 9.17) is 4.98 Å². The van der Waals surface area contributed by atoms with Crippen molar-refractivity contribution in [3.63, 3.8) is 0 Å². The molecule has 3 nitrogen and oxygen atoms in total. The zero-order valence-electron chi connectivity index (χ0n) is 12.8. The summed E-state index contributed by atoms with van der Waals surface area (Å²) >= 11 is 3.31. The zero-order chi connectivity index (χ0) is 14.9. The fraction of sp³-hybridized carbons (Fsp3) is 0.600. The molecule has 0 saturated carbocycles. The van der Waals surface area contributed by atoms with Gasteiger partial charge in [-0.1, -0.05) is 39.0 Å². The summed E-state index contributed by atoms with van der Waals surface area (Å²) in [6.07, 6.45) is 2.10. The van der Waals surface area contributed by atoms with E-state index in [0.717, 1.165) is 40.3 Å². The molecule has 2 rings (SSSR count). The maximum Gasteiger partial charge on any atom is 0.263 e. The Morgan fingerprint density at radius 1 is 1.35 bits per heavy atom. The number of aryl methyl sites for hydroxylation is 2. The lowest BCUT2D eigenvalue weighted by Gasteiger charge is -2.13. The molecule has 0 aliphatic heterocycles. The number of hydrogen-bond donors (Lipinski definition) is 0. The van der Waals surface area contributed by atoms with Gasteiger partial charge in [0.2, 0.25) is 0 Å². The van der Waals surface area contributed by atoms with Gasteiger partial charge in [0.25, 0.3) is 5.56 Å². The number of hydrogen-bond acceptors (Lipinski definition) is 4. The molecular formula is C15H22N2OS2. The molecule has 2 aromatic rings. The van der Waals surface area contributed by atoms with Gasteiger partial charge in [0.15, 0.2) is 5.16 Å². The first-order valence-corrected chi connectivity index (χ1v) is 8.82. The van der Waals surface area contributed by atoms with Crippen LogP contribution in [0.25, 0.3) is 10.2 Å². The topological polar surface area (TPSA) is 34.9 Å². The van der Waals surface area contributed by atoms with Crippen molar-refractivity contribution >= 4 is 33.3 Å². The van der Waals surface area contributed by atoms with Crippen LogP contribution < -0.4 is 5.56 Å². The fourth-order valence-corrected chi connectivity index (χ4v) is 4.07. The molecule has 0 N–H and O–H groups in total. The van der Waals surface area contributed by atoms with Gasteiger partial charge in [0.05, 0.1) is 5.39 Å². The van der Waals surface area contributed by atoms with Gasteiger partial charge >= 0.3 is 0 Å². The van der Waals surface area contributed by atoms with Gasteiger partial charge in [0, 0.05) is 16.7 Å². The number of nitrogens with zero attached hydrogens (tertiary/aromatic N) is 2. The standard InChI is InChI=1S/C15H22N2OS2/c1-6-7-8-17-14(18)12-10(4)11(5)20-13(12)16-15(17)19-9(2)3/h9H,6-8H2,1-5H3. The highest BCUT2D eigenvalue weighted by molar-refractivity contribution is 7.99. The minimum Gasteiger partial charge on any atom is -0.287 e. The van der Waals surface area contributed by atoms with Crippen LogP contribution in [0.4, 0.5) is 0 Å². The molecule has 0 spiro atoms. The van der Waals surface area contributed by atoms with Crippen LogP contribution in [-0.2, 0) is 6.54 Å². The van der Waals surface area contributed by atoms with Gasteiger partial charge in [-0.2, -0.15) is 0 Å². The Labute approximate surface area is 128 Å².